The molecule has 0 heterocycles. The summed E-state index contributed by atoms with van der Waals surface area (Å²) in [6.07, 6.45) is 0. The summed E-state index contributed by atoms with van der Waals surface area (Å²) in [6, 6.07) is 4.01. The number of hydrogen-bond donors (Lipinski definition) is 3. The summed E-state index contributed by atoms with van der Waals surface area (Å²) in [5, 5.41) is 26.1. The summed E-state index contributed by atoms with van der Waals surface area (Å²) in [7, 11) is 0. The molecule has 0 saturated carbocycles. The van der Waals surface area contributed by atoms with Gasteiger partial charge in [-0.3, -0.25) is 0 Å². The van der Waals surface area contributed by atoms with Gasteiger partial charge in [0.15, 0.2) is 17.2 Å². The van der Waals surface area contributed by atoms with Gasteiger partial charge in [0.05, 0.1) is 0 Å². The van der Waals surface area contributed by atoms with Gasteiger partial charge in [-0.05, 0) is 12.1 Å². The molecule has 6 heteroatoms. The van der Waals surface area contributed by atoms with E-state index in [9.17, 15) is 0 Å². The Bertz CT molecular complexity index is 222. The summed E-state index contributed by atoms with van der Waals surface area (Å²) in [6.45, 7) is 0. The van der Waals surface area contributed by atoms with E-state index in [1.165, 1.54) is 18.2 Å². The van der Waals surface area contributed by atoms with Crippen LogP contribution in [0.1, 0.15) is 2.85 Å². The van der Waals surface area contributed by atoms with Crippen molar-refractivity contribution in [2.45, 2.75) is 0 Å². The zero-order chi connectivity index (χ0) is 6.85. The fourth-order valence-electron chi connectivity index (χ4n) is 0.519. The zero-order valence-corrected chi connectivity index (χ0v) is 13.8. The summed E-state index contributed by atoms with van der Waals surface area (Å²) in [5.41, 5.74) is 0. The number of phenolic OH excluding ortho intramolecular Hbond substituents is 3. The number of benzene rings is 1. The molecule has 0 atom stereocenters. The van der Waals surface area contributed by atoms with E-state index >= 15 is 0 Å². The van der Waals surface area contributed by atoms with Gasteiger partial charge in [-0.15, -0.1) is 0 Å². The largest absolute Gasteiger partial charge is 1.00 e. The molecule has 0 spiro atoms. The molecule has 0 radical (unpaired) electrons. The maximum Gasteiger partial charge on any atom is 1.00 e. The monoisotopic (exact) mass is 238 g/mol. The van der Waals surface area contributed by atoms with Gasteiger partial charge in [0.25, 0.3) is 0 Å². The molecular weight excluding hydrogens is 230 g/mol. The molecule has 0 aliphatic rings. The van der Waals surface area contributed by atoms with Crippen molar-refractivity contribution in [1.82, 2.24) is 0 Å². The van der Waals surface area contributed by atoms with Crippen LogP contribution in [0.5, 0.6) is 17.2 Å². The van der Waals surface area contributed by atoms with Crippen LogP contribution in [0.2, 0.25) is 0 Å². The van der Waals surface area contributed by atoms with E-state index in [0.29, 0.717) is 0 Å². The van der Waals surface area contributed by atoms with Crippen LogP contribution in [0.25, 0.3) is 0 Å². The second kappa shape index (κ2) is 9.52. The molecule has 0 amide bonds. The number of phenols is 3. The maximum absolute atomic E-state index is 8.71. The first-order valence-corrected chi connectivity index (χ1v) is 2.41. The van der Waals surface area contributed by atoms with Crippen molar-refractivity contribution < 1.29 is 121 Å². The molecule has 1 aromatic rings. The Balaban J connectivity index is -0.0000000540. The van der Waals surface area contributed by atoms with Crippen LogP contribution in [0, 0.1) is 0 Å². The first-order chi connectivity index (χ1) is 4.22. The van der Waals surface area contributed by atoms with Crippen molar-refractivity contribution in [2.24, 2.45) is 0 Å². The Kier molecular flexibility index (Phi) is 15.5. The molecule has 0 saturated heterocycles. The fourth-order valence-corrected chi connectivity index (χ4v) is 0.519. The van der Waals surface area contributed by atoms with E-state index in [4.69, 9.17) is 15.3 Å². The van der Waals surface area contributed by atoms with Crippen molar-refractivity contribution >= 4 is 0 Å². The van der Waals surface area contributed by atoms with Crippen LogP contribution >= 0.6 is 0 Å². The van der Waals surface area contributed by atoms with E-state index in [-0.39, 0.29) is 117 Å². The van der Waals surface area contributed by atoms with Crippen molar-refractivity contribution in [3.8, 4) is 17.2 Å². The maximum atomic E-state index is 8.71. The van der Waals surface area contributed by atoms with E-state index < -0.39 is 5.75 Å². The minimum absolute atomic E-state index is 0. The second-order valence-electron chi connectivity index (χ2n) is 1.64. The summed E-state index contributed by atoms with van der Waals surface area (Å²) in [4.78, 5) is 0. The predicted octanol–water partition coefficient (Wildman–Crippen LogP) is -4.97. The Morgan fingerprint density at radius 3 is 1.58 bits per heavy atom. The average Bonchev–Trinajstić information content (AvgIpc) is 1.83. The Morgan fingerprint density at radius 2 is 1.33 bits per heavy atom. The molecule has 0 aromatic heterocycles. The molecule has 3 nitrogen and oxygen atoms in total. The molecule has 0 unspecified atom stereocenters. The molecular formula is C6H8KNaO3Ti. The smallest absolute Gasteiger partial charge is 1.00 e. The summed E-state index contributed by atoms with van der Waals surface area (Å²) in [5.74, 6) is -1.09. The standard InChI is InChI=1S/C6H6O3.K.Na.Ti.2H/c7-4-2-1-3-5(8)6(4)9;;;;;/h1-3,7-9H;;;;;/q;2*+1;;2*-1. The van der Waals surface area contributed by atoms with Gasteiger partial charge in [0.1, 0.15) is 0 Å². The van der Waals surface area contributed by atoms with E-state index in [1.54, 1.807) is 0 Å². The molecule has 12 heavy (non-hydrogen) atoms. The van der Waals surface area contributed by atoms with E-state index in [2.05, 4.69) is 0 Å². The first kappa shape index (κ1) is 19.5. The quantitative estimate of drug-likeness (QED) is 0.313. The molecule has 1 aromatic carbocycles. The first-order valence-electron chi connectivity index (χ1n) is 2.41. The minimum Gasteiger partial charge on any atom is -1.00 e. The summed E-state index contributed by atoms with van der Waals surface area (Å²) >= 11 is 0. The topological polar surface area (TPSA) is 60.7 Å². The van der Waals surface area contributed by atoms with Crippen LogP contribution < -0.4 is 80.9 Å². The van der Waals surface area contributed by atoms with Crippen LogP contribution in [0.4, 0.5) is 0 Å². The predicted molar refractivity (Wildman–Crippen MR) is 33.7 cm³/mol. The van der Waals surface area contributed by atoms with Gasteiger partial charge >= 0.3 is 80.9 Å². The third-order valence-electron chi connectivity index (χ3n) is 0.993. The van der Waals surface area contributed by atoms with Gasteiger partial charge < -0.3 is 18.2 Å². The SMILES string of the molecule is Oc1cccc(O)c1O.[H-].[H-].[K+].[Na+].[Ti]. The molecule has 3 N–H and O–H groups in total. The number of hydrogen-bond acceptors (Lipinski definition) is 3. The van der Waals surface area contributed by atoms with Crippen LogP contribution in [-0.4, -0.2) is 15.3 Å². The third kappa shape index (κ3) is 5.65. The Morgan fingerprint density at radius 1 is 1.00 bits per heavy atom. The average molecular weight is 238 g/mol. The minimum atomic E-state index is -0.475. The van der Waals surface area contributed by atoms with Gasteiger partial charge in [0.2, 0.25) is 0 Å². The molecule has 56 valence electrons. The van der Waals surface area contributed by atoms with E-state index in [1.807, 2.05) is 0 Å². The molecule has 0 aliphatic heterocycles. The van der Waals surface area contributed by atoms with Crippen molar-refractivity contribution in [3.05, 3.63) is 18.2 Å². The van der Waals surface area contributed by atoms with Crippen LogP contribution in [0.3, 0.4) is 0 Å². The normalized spacial score (nSPS) is 7.00. The fraction of sp³-hybridized carbons (Fsp3) is 0. The molecule has 0 aliphatic carbocycles. The number of para-hydroxylation sites is 1. The van der Waals surface area contributed by atoms with Crippen LogP contribution in [0.15, 0.2) is 18.2 Å². The van der Waals surface area contributed by atoms with Gasteiger partial charge in [0, 0.05) is 21.7 Å². The van der Waals surface area contributed by atoms with Gasteiger partial charge in [-0.25, -0.2) is 0 Å². The number of rotatable bonds is 0. The van der Waals surface area contributed by atoms with Gasteiger partial charge in [-0.1, -0.05) is 6.07 Å². The molecule has 0 fully saturated rings. The molecule has 1 rings (SSSR count). The van der Waals surface area contributed by atoms with Crippen molar-refractivity contribution in [2.75, 3.05) is 0 Å². The second-order valence-corrected chi connectivity index (χ2v) is 1.64. The van der Waals surface area contributed by atoms with Crippen LogP contribution in [-0.2, 0) is 21.7 Å². The van der Waals surface area contributed by atoms with E-state index in [0.717, 1.165) is 0 Å². The Hall–Kier alpha value is 1.97. The summed E-state index contributed by atoms with van der Waals surface area (Å²) < 4.78 is 0. The van der Waals surface area contributed by atoms with Crippen molar-refractivity contribution in [1.29, 1.82) is 0 Å². The third-order valence-corrected chi connectivity index (χ3v) is 0.993. The Labute approximate surface area is 153 Å². The van der Waals surface area contributed by atoms with Gasteiger partial charge in [-0.2, -0.15) is 0 Å². The zero-order valence-electron chi connectivity index (χ0n) is 9.07. The van der Waals surface area contributed by atoms with Crippen molar-refractivity contribution in [3.63, 3.8) is 0 Å². The molecule has 0 bridgehead atoms. The number of aromatic hydroxyl groups is 3.